The molecule has 0 aromatic heterocycles. The molecule has 26 heavy (non-hydrogen) atoms. The standard InChI is InChI=1S/C18H25F2N3O3/c1-25-14-4-2-13(3-5-14)16(23-6-8-26-9-7-23)11-21-17(24)15-10-18(19,20)12-22-15/h2-5,15-16,22H,6-12H2,1H3,(H,21,24). The van der Waals surface area contributed by atoms with Gasteiger partial charge in [0.05, 0.1) is 39.0 Å². The Morgan fingerprint density at radius 1 is 1.38 bits per heavy atom. The van der Waals surface area contributed by atoms with Gasteiger partial charge in [0.1, 0.15) is 5.75 Å². The van der Waals surface area contributed by atoms with Gasteiger partial charge in [0, 0.05) is 26.1 Å². The van der Waals surface area contributed by atoms with Crippen LogP contribution in [0.4, 0.5) is 8.78 Å². The number of hydrogen-bond donors (Lipinski definition) is 2. The molecule has 2 aliphatic rings. The van der Waals surface area contributed by atoms with Crippen LogP contribution in [0.3, 0.4) is 0 Å². The number of nitrogens with zero attached hydrogens (tertiary/aromatic N) is 1. The normalized spacial score (nSPS) is 24.2. The number of rotatable bonds is 6. The number of halogens is 2. The van der Waals surface area contributed by atoms with E-state index in [4.69, 9.17) is 9.47 Å². The van der Waals surface area contributed by atoms with Crippen LogP contribution in [0.25, 0.3) is 0 Å². The van der Waals surface area contributed by atoms with E-state index in [1.54, 1.807) is 7.11 Å². The number of hydrogen-bond acceptors (Lipinski definition) is 5. The van der Waals surface area contributed by atoms with E-state index in [-0.39, 0.29) is 11.9 Å². The molecule has 2 saturated heterocycles. The van der Waals surface area contributed by atoms with Gasteiger partial charge in [-0.3, -0.25) is 15.0 Å². The summed E-state index contributed by atoms with van der Waals surface area (Å²) in [6.45, 7) is 2.69. The van der Waals surface area contributed by atoms with Crippen LogP contribution in [-0.2, 0) is 9.53 Å². The predicted octanol–water partition coefficient (Wildman–Crippen LogP) is 1.18. The molecule has 6 nitrogen and oxygen atoms in total. The number of carbonyl (C=O) groups is 1. The number of ether oxygens (including phenoxy) is 2. The molecule has 2 atom stereocenters. The molecule has 8 heteroatoms. The van der Waals surface area contributed by atoms with Gasteiger partial charge in [-0.15, -0.1) is 0 Å². The van der Waals surface area contributed by atoms with E-state index in [1.165, 1.54) is 0 Å². The van der Waals surface area contributed by atoms with E-state index in [9.17, 15) is 13.6 Å². The fourth-order valence-corrected chi connectivity index (χ4v) is 3.39. The lowest BCUT2D eigenvalue weighted by molar-refractivity contribution is -0.123. The van der Waals surface area contributed by atoms with E-state index in [1.807, 2.05) is 24.3 Å². The monoisotopic (exact) mass is 369 g/mol. The van der Waals surface area contributed by atoms with E-state index in [0.717, 1.165) is 24.4 Å². The number of amides is 1. The molecule has 2 fully saturated rings. The molecule has 0 radical (unpaired) electrons. The summed E-state index contributed by atoms with van der Waals surface area (Å²) >= 11 is 0. The number of alkyl halides is 2. The zero-order chi connectivity index (χ0) is 18.6. The van der Waals surface area contributed by atoms with E-state index >= 15 is 0 Å². The molecule has 144 valence electrons. The molecule has 3 rings (SSSR count). The minimum atomic E-state index is -2.82. The number of benzene rings is 1. The maximum Gasteiger partial charge on any atom is 0.262 e. The highest BCUT2D eigenvalue weighted by Crippen LogP contribution is 2.26. The molecule has 0 bridgehead atoms. The Bertz CT molecular complexity index is 606. The Hall–Kier alpha value is -1.77. The van der Waals surface area contributed by atoms with Crippen molar-refractivity contribution in [3.8, 4) is 5.75 Å². The molecular weight excluding hydrogens is 344 g/mol. The Morgan fingerprint density at radius 2 is 2.08 bits per heavy atom. The average molecular weight is 369 g/mol. The van der Waals surface area contributed by atoms with Gasteiger partial charge in [0.2, 0.25) is 5.91 Å². The van der Waals surface area contributed by atoms with Crippen molar-refractivity contribution in [3.05, 3.63) is 29.8 Å². The second-order valence-corrected chi connectivity index (χ2v) is 6.68. The number of nitrogens with one attached hydrogen (secondary N) is 2. The van der Waals surface area contributed by atoms with Gasteiger partial charge in [-0.25, -0.2) is 8.78 Å². The van der Waals surface area contributed by atoms with Crippen LogP contribution in [0.15, 0.2) is 24.3 Å². The van der Waals surface area contributed by atoms with Crippen molar-refractivity contribution >= 4 is 5.91 Å². The summed E-state index contributed by atoms with van der Waals surface area (Å²) in [5, 5.41) is 5.43. The summed E-state index contributed by atoms with van der Waals surface area (Å²) < 4.78 is 37.2. The maximum absolute atomic E-state index is 13.3. The third kappa shape index (κ3) is 4.69. The van der Waals surface area contributed by atoms with E-state index in [0.29, 0.717) is 19.8 Å². The quantitative estimate of drug-likeness (QED) is 0.789. The highest BCUT2D eigenvalue weighted by molar-refractivity contribution is 5.82. The topological polar surface area (TPSA) is 62.8 Å². The van der Waals surface area contributed by atoms with Crippen LogP contribution in [0, 0.1) is 0 Å². The summed E-state index contributed by atoms with van der Waals surface area (Å²) in [6, 6.07) is 6.80. The molecule has 0 aliphatic carbocycles. The zero-order valence-corrected chi connectivity index (χ0v) is 14.8. The van der Waals surface area contributed by atoms with Crippen molar-refractivity contribution in [1.82, 2.24) is 15.5 Å². The fourth-order valence-electron chi connectivity index (χ4n) is 3.39. The van der Waals surface area contributed by atoms with Crippen molar-refractivity contribution in [2.75, 3.05) is 46.5 Å². The lowest BCUT2D eigenvalue weighted by Crippen LogP contribution is -2.47. The summed E-state index contributed by atoms with van der Waals surface area (Å²) in [7, 11) is 1.61. The van der Waals surface area contributed by atoms with Crippen molar-refractivity contribution in [3.63, 3.8) is 0 Å². The molecule has 2 aliphatic heterocycles. The van der Waals surface area contributed by atoms with Crippen LogP contribution < -0.4 is 15.4 Å². The lowest BCUT2D eigenvalue weighted by atomic mass is 10.0. The molecule has 0 spiro atoms. The number of carbonyl (C=O) groups excluding carboxylic acids is 1. The zero-order valence-electron chi connectivity index (χ0n) is 14.8. The summed E-state index contributed by atoms with van der Waals surface area (Å²) in [5.41, 5.74) is 1.04. The van der Waals surface area contributed by atoms with Gasteiger partial charge >= 0.3 is 0 Å². The van der Waals surface area contributed by atoms with E-state index < -0.39 is 24.9 Å². The van der Waals surface area contributed by atoms with Crippen LogP contribution in [0.2, 0.25) is 0 Å². The summed E-state index contributed by atoms with van der Waals surface area (Å²) in [5.74, 6) is -2.44. The van der Waals surface area contributed by atoms with Gasteiger partial charge in [-0.2, -0.15) is 0 Å². The largest absolute Gasteiger partial charge is 0.497 e. The number of morpholine rings is 1. The Morgan fingerprint density at radius 3 is 2.65 bits per heavy atom. The van der Waals surface area contributed by atoms with Crippen molar-refractivity contribution < 1.29 is 23.0 Å². The molecular formula is C18H25F2N3O3. The minimum absolute atomic E-state index is 0.0457. The van der Waals surface area contributed by atoms with Crippen LogP contribution in [0.1, 0.15) is 18.0 Å². The highest BCUT2D eigenvalue weighted by atomic mass is 19.3. The van der Waals surface area contributed by atoms with Crippen LogP contribution in [0.5, 0.6) is 5.75 Å². The van der Waals surface area contributed by atoms with Gasteiger partial charge in [-0.05, 0) is 17.7 Å². The first kappa shape index (κ1) is 19.0. The lowest BCUT2D eigenvalue weighted by Gasteiger charge is -2.35. The molecule has 1 aromatic rings. The Kier molecular flexibility index (Phi) is 6.05. The number of methoxy groups -OCH3 is 1. The first-order valence-electron chi connectivity index (χ1n) is 8.83. The fraction of sp³-hybridized carbons (Fsp3) is 0.611. The molecule has 1 aromatic carbocycles. The second kappa shape index (κ2) is 8.28. The van der Waals surface area contributed by atoms with Crippen molar-refractivity contribution in [2.45, 2.75) is 24.4 Å². The first-order valence-corrected chi connectivity index (χ1v) is 8.83. The van der Waals surface area contributed by atoms with Crippen LogP contribution in [-0.4, -0.2) is 69.3 Å². The first-order chi connectivity index (χ1) is 12.5. The summed E-state index contributed by atoms with van der Waals surface area (Å²) in [4.78, 5) is 14.5. The molecule has 1 amide bonds. The Balaban J connectivity index is 1.66. The van der Waals surface area contributed by atoms with Gasteiger partial charge < -0.3 is 14.8 Å². The van der Waals surface area contributed by atoms with Crippen LogP contribution >= 0.6 is 0 Å². The van der Waals surface area contributed by atoms with Crippen molar-refractivity contribution in [2.24, 2.45) is 0 Å². The predicted molar refractivity (Wildman–Crippen MR) is 92.5 cm³/mol. The average Bonchev–Trinajstić information content (AvgIpc) is 3.03. The molecule has 0 saturated carbocycles. The smallest absolute Gasteiger partial charge is 0.262 e. The third-order valence-corrected chi connectivity index (χ3v) is 4.88. The van der Waals surface area contributed by atoms with Gasteiger partial charge in [0.15, 0.2) is 0 Å². The minimum Gasteiger partial charge on any atom is -0.497 e. The van der Waals surface area contributed by atoms with Gasteiger partial charge in [-0.1, -0.05) is 12.1 Å². The molecule has 2 heterocycles. The third-order valence-electron chi connectivity index (χ3n) is 4.88. The second-order valence-electron chi connectivity index (χ2n) is 6.68. The SMILES string of the molecule is COc1ccc(C(CNC(=O)C2CC(F)(F)CN2)N2CCOCC2)cc1. The maximum atomic E-state index is 13.3. The van der Waals surface area contributed by atoms with Crippen molar-refractivity contribution in [1.29, 1.82) is 0 Å². The van der Waals surface area contributed by atoms with E-state index in [2.05, 4.69) is 15.5 Å². The molecule has 2 N–H and O–H groups in total. The van der Waals surface area contributed by atoms with Gasteiger partial charge in [0.25, 0.3) is 5.92 Å². The molecule has 2 unspecified atom stereocenters. The summed E-state index contributed by atoms with van der Waals surface area (Å²) in [6.07, 6.45) is -0.455. The Labute approximate surface area is 151 Å². The highest BCUT2D eigenvalue weighted by Gasteiger charge is 2.42.